The second-order valence-corrected chi connectivity index (χ2v) is 5.52. The van der Waals surface area contributed by atoms with Gasteiger partial charge in [0.25, 0.3) is 0 Å². The Hall–Kier alpha value is -1.88. The largest absolute Gasteiger partial charge is 0.340 e. The molecule has 1 unspecified atom stereocenters. The zero-order chi connectivity index (χ0) is 14.1. The summed E-state index contributed by atoms with van der Waals surface area (Å²) in [5.74, 6) is -0.318. The van der Waals surface area contributed by atoms with Crippen LogP contribution >= 0.6 is 0 Å². The zero-order valence-electron chi connectivity index (χ0n) is 11.6. The van der Waals surface area contributed by atoms with Crippen molar-refractivity contribution >= 4 is 17.5 Å². The highest BCUT2D eigenvalue weighted by molar-refractivity contribution is 6.04. The monoisotopic (exact) mass is 273 g/mol. The van der Waals surface area contributed by atoms with Crippen molar-refractivity contribution in [1.29, 1.82) is 0 Å². The van der Waals surface area contributed by atoms with E-state index in [4.69, 9.17) is 0 Å². The molecular weight excluding hydrogens is 254 g/mol. The summed E-state index contributed by atoms with van der Waals surface area (Å²) >= 11 is 0. The molecule has 2 aliphatic rings. The molecule has 1 fully saturated rings. The number of para-hydroxylation sites is 1. The summed E-state index contributed by atoms with van der Waals surface area (Å²) in [5.41, 5.74) is 1.79. The number of rotatable bonds is 2. The topological polar surface area (TPSA) is 52.7 Å². The van der Waals surface area contributed by atoms with Gasteiger partial charge >= 0.3 is 0 Å². The van der Waals surface area contributed by atoms with Crippen LogP contribution in [0.2, 0.25) is 0 Å². The van der Waals surface area contributed by atoms with Gasteiger partial charge < -0.3 is 15.1 Å². The third-order valence-corrected chi connectivity index (χ3v) is 4.15. The third-order valence-electron chi connectivity index (χ3n) is 4.15. The summed E-state index contributed by atoms with van der Waals surface area (Å²) in [5, 5.41) is 2.84. The first-order chi connectivity index (χ1) is 9.65. The summed E-state index contributed by atoms with van der Waals surface area (Å²) in [6, 6.07) is 7.61. The average Bonchev–Trinajstić information content (AvgIpc) is 2.76. The molecule has 0 radical (unpaired) electrons. The average molecular weight is 273 g/mol. The van der Waals surface area contributed by atoms with Crippen LogP contribution in [0.4, 0.5) is 5.69 Å². The van der Waals surface area contributed by atoms with E-state index in [-0.39, 0.29) is 24.2 Å². The van der Waals surface area contributed by atoms with Crippen LogP contribution in [-0.4, -0.2) is 54.8 Å². The number of hydrogen-bond donors (Lipinski definition) is 1. The number of benzene rings is 1. The number of fused-ring (bicyclic) bond motifs is 1. The van der Waals surface area contributed by atoms with Crippen molar-refractivity contribution < 1.29 is 9.59 Å². The number of nitrogens with zero attached hydrogens (tertiary/aromatic N) is 2. The van der Waals surface area contributed by atoms with Gasteiger partial charge in [-0.25, -0.2) is 0 Å². The second kappa shape index (κ2) is 5.25. The Bertz CT molecular complexity index is 536. The van der Waals surface area contributed by atoms with Crippen molar-refractivity contribution in [3.8, 4) is 0 Å². The highest BCUT2D eigenvalue weighted by atomic mass is 16.2. The molecule has 0 aromatic heterocycles. The van der Waals surface area contributed by atoms with Crippen molar-refractivity contribution in [3.63, 3.8) is 0 Å². The van der Waals surface area contributed by atoms with Crippen LogP contribution in [0.15, 0.2) is 24.3 Å². The molecule has 1 saturated heterocycles. The number of anilines is 1. The van der Waals surface area contributed by atoms with E-state index in [2.05, 4.69) is 17.3 Å². The van der Waals surface area contributed by atoms with Gasteiger partial charge in [0.15, 0.2) is 0 Å². The zero-order valence-corrected chi connectivity index (χ0v) is 11.6. The van der Waals surface area contributed by atoms with E-state index in [1.54, 1.807) is 0 Å². The summed E-state index contributed by atoms with van der Waals surface area (Å²) in [7, 11) is 2.06. The molecule has 1 aromatic carbocycles. The SMILES string of the molecule is CN1CCN(C(=O)CC2C(=O)Nc3ccccc32)CC1. The fraction of sp³-hybridized carbons (Fsp3) is 0.467. The highest BCUT2D eigenvalue weighted by Gasteiger charge is 2.33. The smallest absolute Gasteiger partial charge is 0.232 e. The number of likely N-dealkylation sites (N-methyl/N-ethyl adjacent to an activating group) is 1. The van der Waals surface area contributed by atoms with E-state index in [1.807, 2.05) is 29.2 Å². The Labute approximate surface area is 118 Å². The molecule has 2 heterocycles. The van der Waals surface area contributed by atoms with Crippen molar-refractivity contribution in [2.45, 2.75) is 12.3 Å². The lowest BCUT2D eigenvalue weighted by Crippen LogP contribution is -2.47. The minimum Gasteiger partial charge on any atom is -0.340 e. The third kappa shape index (κ3) is 2.41. The molecular formula is C15H19N3O2. The second-order valence-electron chi connectivity index (χ2n) is 5.52. The maximum absolute atomic E-state index is 12.3. The van der Waals surface area contributed by atoms with Crippen LogP contribution in [0.1, 0.15) is 17.9 Å². The van der Waals surface area contributed by atoms with Crippen molar-refractivity contribution in [3.05, 3.63) is 29.8 Å². The molecule has 5 nitrogen and oxygen atoms in total. The number of amides is 2. The van der Waals surface area contributed by atoms with Gasteiger partial charge in [-0.15, -0.1) is 0 Å². The van der Waals surface area contributed by atoms with Crippen molar-refractivity contribution in [1.82, 2.24) is 9.80 Å². The number of carbonyl (C=O) groups is 2. The number of hydrogen-bond acceptors (Lipinski definition) is 3. The molecule has 106 valence electrons. The standard InChI is InChI=1S/C15H19N3O2/c1-17-6-8-18(9-7-17)14(19)10-12-11-4-2-3-5-13(11)16-15(12)20/h2-5,12H,6-10H2,1H3,(H,16,20). The number of nitrogens with one attached hydrogen (secondary N) is 1. The molecule has 5 heteroatoms. The van der Waals surface area contributed by atoms with Gasteiger partial charge in [0, 0.05) is 38.3 Å². The number of piperazine rings is 1. The first-order valence-corrected chi connectivity index (χ1v) is 7.01. The van der Waals surface area contributed by atoms with Crippen LogP contribution in [0, 0.1) is 0 Å². The van der Waals surface area contributed by atoms with E-state index in [0.717, 1.165) is 37.4 Å². The molecule has 1 aromatic rings. The molecule has 0 spiro atoms. The van der Waals surface area contributed by atoms with Gasteiger partial charge in [0.2, 0.25) is 11.8 Å². The quantitative estimate of drug-likeness (QED) is 0.870. The molecule has 2 amide bonds. The predicted molar refractivity (Wildman–Crippen MR) is 76.5 cm³/mol. The Morgan fingerprint density at radius 2 is 1.95 bits per heavy atom. The Balaban J connectivity index is 1.69. The van der Waals surface area contributed by atoms with Crippen molar-refractivity contribution in [2.75, 3.05) is 38.5 Å². The molecule has 0 aliphatic carbocycles. The maximum Gasteiger partial charge on any atom is 0.232 e. The molecule has 1 N–H and O–H groups in total. The van der Waals surface area contributed by atoms with Gasteiger partial charge in [-0.3, -0.25) is 9.59 Å². The Morgan fingerprint density at radius 3 is 2.70 bits per heavy atom. The van der Waals surface area contributed by atoms with Gasteiger partial charge in [0.05, 0.1) is 5.92 Å². The fourth-order valence-corrected chi connectivity index (χ4v) is 2.84. The minimum absolute atomic E-state index is 0.0614. The summed E-state index contributed by atoms with van der Waals surface area (Å²) in [6.07, 6.45) is 0.270. The summed E-state index contributed by atoms with van der Waals surface area (Å²) in [6.45, 7) is 3.31. The first kappa shape index (κ1) is 13.1. The maximum atomic E-state index is 12.3. The minimum atomic E-state index is -0.335. The van der Waals surface area contributed by atoms with Crippen LogP contribution in [0.3, 0.4) is 0 Å². The van der Waals surface area contributed by atoms with E-state index < -0.39 is 0 Å². The molecule has 0 saturated carbocycles. The lowest BCUT2D eigenvalue weighted by atomic mass is 9.96. The van der Waals surface area contributed by atoms with Crippen LogP contribution in [0.5, 0.6) is 0 Å². The van der Waals surface area contributed by atoms with Crippen LogP contribution in [-0.2, 0) is 9.59 Å². The van der Waals surface area contributed by atoms with Gasteiger partial charge in [-0.1, -0.05) is 18.2 Å². The molecule has 3 rings (SSSR count). The first-order valence-electron chi connectivity index (χ1n) is 7.01. The lowest BCUT2D eigenvalue weighted by Gasteiger charge is -2.32. The Kier molecular flexibility index (Phi) is 3.44. The lowest BCUT2D eigenvalue weighted by molar-refractivity contribution is -0.134. The van der Waals surface area contributed by atoms with E-state index in [1.165, 1.54) is 0 Å². The van der Waals surface area contributed by atoms with Gasteiger partial charge in [-0.05, 0) is 18.7 Å². The van der Waals surface area contributed by atoms with E-state index >= 15 is 0 Å². The van der Waals surface area contributed by atoms with Gasteiger partial charge in [-0.2, -0.15) is 0 Å². The van der Waals surface area contributed by atoms with Crippen LogP contribution in [0.25, 0.3) is 0 Å². The normalized spacial score (nSPS) is 22.6. The van der Waals surface area contributed by atoms with Crippen molar-refractivity contribution in [2.24, 2.45) is 0 Å². The molecule has 2 aliphatic heterocycles. The summed E-state index contributed by atoms with van der Waals surface area (Å²) in [4.78, 5) is 28.4. The highest BCUT2D eigenvalue weighted by Crippen LogP contribution is 2.34. The van der Waals surface area contributed by atoms with E-state index in [0.29, 0.717) is 0 Å². The predicted octanol–water partition coefficient (Wildman–Crippen LogP) is 0.886. The molecule has 0 bridgehead atoms. The summed E-state index contributed by atoms with van der Waals surface area (Å²) < 4.78 is 0. The fourth-order valence-electron chi connectivity index (χ4n) is 2.84. The number of carbonyl (C=O) groups excluding carboxylic acids is 2. The van der Waals surface area contributed by atoms with Crippen LogP contribution < -0.4 is 5.32 Å². The van der Waals surface area contributed by atoms with Gasteiger partial charge in [0.1, 0.15) is 0 Å². The molecule has 1 atom stereocenters. The Morgan fingerprint density at radius 1 is 1.25 bits per heavy atom. The van der Waals surface area contributed by atoms with E-state index in [9.17, 15) is 9.59 Å². The molecule has 20 heavy (non-hydrogen) atoms.